The molecule has 4 rings (SSSR count). The number of nitrogens with one attached hydrogen (secondary N) is 2. The number of halogens is 7. The van der Waals surface area contributed by atoms with Gasteiger partial charge in [-0.1, -0.05) is 40.9 Å². The van der Waals surface area contributed by atoms with Crippen LogP contribution in [0.1, 0.15) is 28.3 Å². The molecule has 3 unspecified atom stereocenters. The van der Waals surface area contributed by atoms with Crippen molar-refractivity contribution in [2.75, 3.05) is 5.32 Å². The van der Waals surface area contributed by atoms with Gasteiger partial charge in [0.1, 0.15) is 4.33 Å². The molecule has 31 heavy (non-hydrogen) atoms. The van der Waals surface area contributed by atoms with Crippen molar-refractivity contribution in [1.29, 1.82) is 0 Å². The first-order valence-electron chi connectivity index (χ1n) is 9.03. The van der Waals surface area contributed by atoms with E-state index < -0.39 is 46.4 Å². The third kappa shape index (κ3) is 4.46. The van der Waals surface area contributed by atoms with Crippen molar-refractivity contribution >= 4 is 75.5 Å². The van der Waals surface area contributed by atoms with Crippen molar-refractivity contribution in [3.8, 4) is 0 Å². The molecule has 2 aliphatic rings. The number of amides is 2. The second-order valence-corrected chi connectivity index (χ2v) is 10.1. The molecule has 11 heteroatoms. The fourth-order valence-corrected chi connectivity index (χ4v) is 4.71. The number of hydrogen-bond donors (Lipinski definition) is 2. The monoisotopic (exact) mass is 526 g/mol. The van der Waals surface area contributed by atoms with Crippen LogP contribution in [0.25, 0.3) is 0 Å². The smallest absolute Gasteiger partial charge is 0.270 e. The summed E-state index contributed by atoms with van der Waals surface area (Å²) in [6.07, 6.45) is -0.419. The summed E-state index contributed by atoms with van der Waals surface area (Å²) in [6, 6.07) is 7.81. The van der Waals surface area contributed by atoms with Crippen LogP contribution in [0.15, 0.2) is 36.4 Å². The van der Waals surface area contributed by atoms with E-state index in [1.54, 1.807) is 18.2 Å². The normalized spacial score (nSPS) is 24.9. The molecule has 2 fully saturated rings. The highest BCUT2D eigenvalue weighted by Gasteiger charge is 2.67. The molecular weight excluding hydrogens is 515 g/mol. The molecule has 2 amide bonds. The number of anilines is 1. The third-order valence-corrected chi connectivity index (χ3v) is 7.26. The van der Waals surface area contributed by atoms with Crippen molar-refractivity contribution < 1.29 is 18.4 Å². The summed E-state index contributed by atoms with van der Waals surface area (Å²) < 4.78 is 24.8. The van der Waals surface area contributed by atoms with Gasteiger partial charge in [0.2, 0.25) is 5.91 Å². The number of carbonyl (C=O) groups excluding carboxylic acids is 2. The van der Waals surface area contributed by atoms with Crippen LogP contribution in [-0.2, 0) is 4.79 Å². The van der Waals surface area contributed by atoms with E-state index in [4.69, 9.17) is 58.0 Å². The van der Waals surface area contributed by atoms with Crippen LogP contribution < -0.4 is 10.6 Å². The van der Waals surface area contributed by atoms with Crippen molar-refractivity contribution in [1.82, 2.24) is 5.32 Å². The Morgan fingerprint density at radius 3 is 2.23 bits per heavy atom. The molecule has 3 atom stereocenters. The van der Waals surface area contributed by atoms with Crippen molar-refractivity contribution in [2.24, 2.45) is 5.92 Å². The molecule has 2 aromatic rings. The summed E-state index contributed by atoms with van der Waals surface area (Å²) in [5.41, 5.74) is 0.856. The zero-order chi connectivity index (χ0) is 22.7. The van der Waals surface area contributed by atoms with Crippen molar-refractivity contribution in [2.45, 2.75) is 28.6 Å². The molecule has 164 valence electrons. The Morgan fingerprint density at radius 2 is 1.61 bits per heavy atom. The van der Waals surface area contributed by atoms with Crippen LogP contribution in [0.3, 0.4) is 0 Å². The Bertz CT molecular complexity index is 1100. The van der Waals surface area contributed by atoms with Gasteiger partial charge >= 0.3 is 0 Å². The van der Waals surface area contributed by atoms with Gasteiger partial charge in [0.05, 0.1) is 32.6 Å². The lowest BCUT2D eigenvalue weighted by Gasteiger charge is -2.10. The zero-order valence-electron chi connectivity index (χ0n) is 15.4. The van der Waals surface area contributed by atoms with Gasteiger partial charge in [-0.15, -0.1) is 23.2 Å². The van der Waals surface area contributed by atoms with E-state index in [1.165, 1.54) is 18.2 Å². The van der Waals surface area contributed by atoms with Gasteiger partial charge in [-0.2, -0.15) is 0 Å². The molecular formula is C20H13Cl5F2N2O2. The van der Waals surface area contributed by atoms with Crippen LogP contribution >= 0.6 is 58.0 Å². The molecule has 0 spiro atoms. The molecule has 0 saturated heterocycles. The largest absolute Gasteiger partial charge is 0.343 e. The first-order chi connectivity index (χ1) is 14.4. The van der Waals surface area contributed by atoms with Crippen molar-refractivity contribution in [3.63, 3.8) is 0 Å². The van der Waals surface area contributed by atoms with E-state index in [1.807, 2.05) is 0 Å². The van der Waals surface area contributed by atoms with Crippen LogP contribution in [0.4, 0.5) is 14.5 Å². The van der Waals surface area contributed by atoms with Gasteiger partial charge in [-0.25, -0.2) is 8.78 Å². The Hall–Kier alpha value is -1.31. The highest BCUT2D eigenvalue weighted by molar-refractivity contribution is 6.53. The Balaban J connectivity index is 1.48. The minimum atomic E-state index is -2.91. The Labute approximate surface area is 201 Å². The molecule has 0 radical (unpaired) electrons. The number of carbonyl (C=O) groups is 2. The van der Waals surface area contributed by atoms with Crippen LogP contribution in [-0.4, -0.2) is 28.1 Å². The SMILES string of the molecule is O=C(NC1CC1(F)F)c1cc(NC(=O)C2C(c3ccc(Cl)c(Cl)c3)C2(Cl)Cl)ccc1Cl. The zero-order valence-corrected chi connectivity index (χ0v) is 19.1. The lowest BCUT2D eigenvalue weighted by molar-refractivity contribution is -0.117. The van der Waals surface area contributed by atoms with Crippen LogP contribution in [0.2, 0.25) is 15.1 Å². The van der Waals surface area contributed by atoms with E-state index in [-0.39, 0.29) is 16.3 Å². The third-order valence-electron chi connectivity index (χ3n) is 5.25. The summed E-state index contributed by atoms with van der Waals surface area (Å²) in [5, 5.41) is 5.58. The molecule has 0 heterocycles. The highest BCUT2D eigenvalue weighted by Crippen LogP contribution is 2.65. The van der Waals surface area contributed by atoms with E-state index in [2.05, 4.69) is 10.6 Å². The van der Waals surface area contributed by atoms with Gasteiger partial charge in [0.25, 0.3) is 11.8 Å². The Kier molecular flexibility index (Phi) is 5.85. The Morgan fingerprint density at radius 1 is 0.968 bits per heavy atom. The second kappa shape index (κ2) is 7.92. The summed E-state index contributed by atoms with van der Waals surface area (Å²) in [6.45, 7) is 0. The lowest BCUT2D eigenvalue weighted by atomic mass is 10.1. The van der Waals surface area contributed by atoms with Crippen molar-refractivity contribution in [3.05, 3.63) is 62.6 Å². The average Bonchev–Trinajstić information content (AvgIpc) is 3.49. The summed E-state index contributed by atoms with van der Waals surface area (Å²) in [5.74, 6) is -5.45. The van der Waals surface area contributed by atoms with Gasteiger partial charge in [-0.05, 0) is 35.9 Å². The van der Waals surface area contributed by atoms with E-state index in [0.29, 0.717) is 15.6 Å². The first-order valence-corrected chi connectivity index (χ1v) is 10.9. The highest BCUT2D eigenvalue weighted by atomic mass is 35.5. The van der Waals surface area contributed by atoms with Gasteiger partial charge in [0, 0.05) is 18.0 Å². The fraction of sp³-hybridized carbons (Fsp3) is 0.300. The number of benzene rings is 2. The topological polar surface area (TPSA) is 58.2 Å². The second-order valence-electron chi connectivity index (χ2n) is 7.48. The summed E-state index contributed by atoms with van der Waals surface area (Å²) in [7, 11) is 0. The fourth-order valence-electron chi connectivity index (χ4n) is 3.38. The van der Waals surface area contributed by atoms with E-state index in [0.717, 1.165) is 0 Å². The molecule has 4 nitrogen and oxygen atoms in total. The summed E-state index contributed by atoms with van der Waals surface area (Å²) >= 11 is 30.7. The number of alkyl halides is 4. The maximum Gasteiger partial charge on any atom is 0.270 e. The maximum absolute atomic E-state index is 13.1. The predicted octanol–water partition coefficient (Wildman–Crippen LogP) is 6.31. The predicted molar refractivity (Wildman–Crippen MR) is 118 cm³/mol. The van der Waals surface area contributed by atoms with Crippen LogP contribution in [0.5, 0.6) is 0 Å². The molecule has 2 aromatic carbocycles. The van der Waals surface area contributed by atoms with Gasteiger partial charge in [0.15, 0.2) is 0 Å². The lowest BCUT2D eigenvalue weighted by Crippen LogP contribution is -2.29. The van der Waals surface area contributed by atoms with Crippen LogP contribution in [0, 0.1) is 5.92 Å². The number of hydrogen-bond acceptors (Lipinski definition) is 2. The average molecular weight is 529 g/mol. The summed E-state index contributed by atoms with van der Waals surface area (Å²) in [4.78, 5) is 25.1. The standard InChI is InChI=1S/C20H13Cl5F2N2O2/c21-11-4-2-9(6-10(11)17(30)29-14-7-19(14,26)27)28-18(31)16-15(20(16,24)25)8-1-3-12(22)13(23)5-8/h1-6,14-16H,7H2,(H,28,31)(H,29,30). The van der Waals surface area contributed by atoms with E-state index in [9.17, 15) is 18.4 Å². The maximum atomic E-state index is 13.1. The molecule has 2 saturated carbocycles. The molecule has 0 bridgehead atoms. The molecule has 2 aliphatic carbocycles. The number of rotatable bonds is 5. The van der Waals surface area contributed by atoms with Gasteiger partial charge < -0.3 is 10.6 Å². The van der Waals surface area contributed by atoms with E-state index >= 15 is 0 Å². The van der Waals surface area contributed by atoms with Gasteiger partial charge in [-0.3, -0.25) is 9.59 Å². The quantitative estimate of drug-likeness (QED) is 0.447. The first kappa shape index (κ1) is 22.9. The minimum Gasteiger partial charge on any atom is -0.343 e. The molecule has 0 aliphatic heterocycles. The molecule has 0 aromatic heterocycles. The minimum absolute atomic E-state index is 0.0398. The molecule has 2 N–H and O–H groups in total.